The first kappa shape index (κ1) is 23.2. The van der Waals surface area contributed by atoms with Gasteiger partial charge in [0.1, 0.15) is 17.9 Å². The van der Waals surface area contributed by atoms with Gasteiger partial charge in [0.25, 0.3) is 0 Å². The number of carboxylic acid groups (broad SMARTS) is 1. The second-order valence-electron chi connectivity index (χ2n) is 9.50. The van der Waals surface area contributed by atoms with E-state index in [9.17, 15) is 9.90 Å². The molecule has 1 fully saturated rings. The number of ether oxygens (including phenoxy) is 1. The highest BCUT2D eigenvalue weighted by molar-refractivity contribution is 5.90. The van der Waals surface area contributed by atoms with Crippen LogP contribution in [0.25, 0.3) is 10.9 Å². The SMILES string of the molecule is CC(Cn1cccc1)n1cc(C2CCN(CCOc3ccccc3C(=O)O)CC2)c2ccccc21. The number of para-hydroxylation sites is 2. The number of piperidine rings is 1. The molecule has 4 aromatic rings. The van der Waals surface area contributed by atoms with Crippen molar-refractivity contribution in [2.24, 2.45) is 0 Å². The quantitative estimate of drug-likeness (QED) is 0.342. The third-order valence-corrected chi connectivity index (χ3v) is 7.20. The highest BCUT2D eigenvalue weighted by Gasteiger charge is 2.24. The van der Waals surface area contributed by atoms with E-state index in [4.69, 9.17) is 4.74 Å². The number of hydrogen-bond donors (Lipinski definition) is 1. The summed E-state index contributed by atoms with van der Waals surface area (Å²) in [5.74, 6) is 0.0322. The summed E-state index contributed by atoms with van der Waals surface area (Å²) >= 11 is 0. The van der Waals surface area contributed by atoms with Crippen LogP contribution >= 0.6 is 0 Å². The molecule has 0 aliphatic carbocycles. The number of aromatic carboxylic acids is 1. The van der Waals surface area contributed by atoms with Gasteiger partial charge < -0.3 is 19.0 Å². The second kappa shape index (κ2) is 10.4. The number of carbonyl (C=O) groups is 1. The van der Waals surface area contributed by atoms with Gasteiger partial charge in [-0.25, -0.2) is 4.79 Å². The maximum Gasteiger partial charge on any atom is 0.339 e. The Balaban J connectivity index is 1.21. The van der Waals surface area contributed by atoms with Crippen LogP contribution in [0.1, 0.15) is 47.6 Å². The summed E-state index contributed by atoms with van der Waals surface area (Å²) in [6.45, 7) is 6.58. The van der Waals surface area contributed by atoms with E-state index in [1.807, 2.05) is 6.07 Å². The zero-order chi connectivity index (χ0) is 24.2. The Labute approximate surface area is 206 Å². The van der Waals surface area contributed by atoms with E-state index in [1.165, 1.54) is 16.5 Å². The summed E-state index contributed by atoms with van der Waals surface area (Å²) in [5.41, 5.74) is 3.00. The van der Waals surface area contributed by atoms with Crippen molar-refractivity contribution in [3.63, 3.8) is 0 Å². The predicted octanol–water partition coefficient (Wildman–Crippen LogP) is 5.66. The van der Waals surface area contributed by atoms with E-state index in [0.717, 1.165) is 39.0 Å². The van der Waals surface area contributed by atoms with Gasteiger partial charge in [-0.15, -0.1) is 0 Å². The first-order chi connectivity index (χ1) is 17.1. The lowest BCUT2D eigenvalue weighted by Gasteiger charge is -2.31. The Morgan fingerprint density at radius 3 is 2.51 bits per heavy atom. The summed E-state index contributed by atoms with van der Waals surface area (Å²) in [6, 6.07) is 20.2. The van der Waals surface area contributed by atoms with E-state index in [0.29, 0.717) is 24.3 Å². The molecule has 6 heteroatoms. The Kier molecular flexibility index (Phi) is 6.91. The molecule has 1 aliphatic rings. The van der Waals surface area contributed by atoms with Crippen LogP contribution in [0.4, 0.5) is 0 Å². The lowest BCUT2D eigenvalue weighted by atomic mass is 9.89. The Hall–Kier alpha value is -3.51. The molecular formula is C29H33N3O3. The Bertz CT molecular complexity index is 1270. The fourth-order valence-electron chi connectivity index (χ4n) is 5.33. The maximum atomic E-state index is 11.4. The molecule has 1 N–H and O–H groups in total. The van der Waals surface area contributed by atoms with Gasteiger partial charge in [-0.05, 0) is 74.7 Å². The van der Waals surface area contributed by atoms with Gasteiger partial charge in [0.15, 0.2) is 0 Å². The minimum Gasteiger partial charge on any atom is -0.491 e. The number of hydrogen-bond acceptors (Lipinski definition) is 3. The van der Waals surface area contributed by atoms with Crippen molar-refractivity contribution >= 4 is 16.9 Å². The minimum absolute atomic E-state index is 0.216. The molecule has 35 heavy (non-hydrogen) atoms. The van der Waals surface area contributed by atoms with Crippen LogP contribution in [0.15, 0.2) is 79.3 Å². The lowest BCUT2D eigenvalue weighted by molar-refractivity contribution is 0.0691. The van der Waals surface area contributed by atoms with Gasteiger partial charge in [0, 0.05) is 48.6 Å². The zero-order valence-electron chi connectivity index (χ0n) is 20.2. The van der Waals surface area contributed by atoms with Gasteiger partial charge in [0.2, 0.25) is 0 Å². The molecule has 1 unspecified atom stereocenters. The first-order valence-electron chi connectivity index (χ1n) is 12.5. The molecule has 1 saturated heterocycles. The van der Waals surface area contributed by atoms with Gasteiger partial charge in [-0.2, -0.15) is 0 Å². The largest absolute Gasteiger partial charge is 0.491 e. The highest BCUT2D eigenvalue weighted by atomic mass is 16.5. The van der Waals surface area contributed by atoms with Crippen molar-refractivity contribution in [1.82, 2.24) is 14.0 Å². The van der Waals surface area contributed by atoms with E-state index >= 15 is 0 Å². The summed E-state index contributed by atoms with van der Waals surface area (Å²) in [7, 11) is 0. The minimum atomic E-state index is -0.955. The standard InChI is InChI=1S/C29H33N3O3/c1-22(20-31-14-6-7-15-31)32-21-26(24-8-2-4-10-27(24)32)23-12-16-30(17-13-23)18-19-35-28-11-5-3-9-25(28)29(33)34/h2-11,14-15,21-23H,12-13,16-20H2,1H3,(H,33,34). The predicted molar refractivity (Wildman–Crippen MR) is 138 cm³/mol. The van der Waals surface area contributed by atoms with Crippen LogP contribution < -0.4 is 4.74 Å². The van der Waals surface area contributed by atoms with Crippen molar-refractivity contribution in [2.45, 2.75) is 38.3 Å². The summed E-state index contributed by atoms with van der Waals surface area (Å²) in [6.07, 6.45) is 8.88. The van der Waals surface area contributed by atoms with Crippen LogP contribution in [0.5, 0.6) is 5.75 Å². The molecular weight excluding hydrogens is 438 g/mol. The van der Waals surface area contributed by atoms with Crippen LogP contribution in [0, 0.1) is 0 Å². The van der Waals surface area contributed by atoms with Crippen molar-refractivity contribution in [3.8, 4) is 5.75 Å². The van der Waals surface area contributed by atoms with Gasteiger partial charge in [-0.1, -0.05) is 30.3 Å². The second-order valence-corrected chi connectivity index (χ2v) is 9.50. The number of likely N-dealkylation sites (tertiary alicyclic amines) is 1. The summed E-state index contributed by atoms with van der Waals surface area (Å²) < 4.78 is 10.5. The topological polar surface area (TPSA) is 59.6 Å². The molecule has 2 aromatic carbocycles. The highest BCUT2D eigenvalue weighted by Crippen LogP contribution is 2.36. The van der Waals surface area contributed by atoms with Crippen molar-refractivity contribution in [3.05, 3.63) is 90.4 Å². The number of rotatable bonds is 9. The number of fused-ring (bicyclic) bond motifs is 1. The molecule has 1 atom stereocenters. The van der Waals surface area contributed by atoms with Crippen molar-refractivity contribution in [1.29, 1.82) is 0 Å². The molecule has 0 radical (unpaired) electrons. The van der Waals surface area contributed by atoms with Gasteiger partial charge in [0.05, 0.1) is 0 Å². The Morgan fingerprint density at radius 1 is 1.03 bits per heavy atom. The fraction of sp³-hybridized carbons (Fsp3) is 0.345. The van der Waals surface area contributed by atoms with E-state index in [2.05, 4.69) is 75.9 Å². The molecule has 5 rings (SSSR count). The Morgan fingerprint density at radius 2 is 1.74 bits per heavy atom. The third-order valence-electron chi connectivity index (χ3n) is 7.20. The van der Waals surface area contributed by atoms with Crippen LogP contribution in [0.3, 0.4) is 0 Å². The normalized spacial score (nSPS) is 15.9. The molecule has 0 spiro atoms. The van der Waals surface area contributed by atoms with E-state index in [-0.39, 0.29) is 5.56 Å². The average molecular weight is 472 g/mol. The van der Waals surface area contributed by atoms with Crippen molar-refractivity contribution < 1.29 is 14.6 Å². The first-order valence-corrected chi connectivity index (χ1v) is 12.5. The molecule has 0 bridgehead atoms. The van der Waals surface area contributed by atoms with E-state index in [1.54, 1.807) is 18.2 Å². The number of carboxylic acids is 1. The summed E-state index contributed by atoms with van der Waals surface area (Å²) in [5, 5.41) is 10.7. The molecule has 2 aromatic heterocycles. The molecule has 1 aliphatic heterocycles. The maximum absolute atomic E-state index is 11.4. The summed E-state index contributed by atoms with van der Waals surface area (Å²) in [4.78, 5) is 13.8. The van der Waals surface area contributed by atoms with Gasteiger partial charge >= 0.3 is 5.97 Å². The molecule has 6 nitrogen and oxygen atoms in total. The van der Waals surface area contributed by atoms with Crippen LogP contribution in [-0.4, -0.2) is 51.4 Å². The molecule has 182 valence electrons. The smallest absolute Gasteiger partial charge is 0.339 e. The van der Waals surface area contributed by atoms with Crippen LogP contribution in [-0.2, 0) is 6.54 Å². The third kappa shape index (κ3) is 5.13. The van der Waals surface area contributed by atoms with E-state index < -0.39 is 5.97 Å². The van der Waals surface area contributed by atoms with Gasteiger partial charge in [-0.3, -0.25) is 4.90 Å². The van der Waals surface area contributed by atoms with Crippen LogP contribution in [0.2, 0.25) is 0 Å². The fourth-order valence-corrected chi connectivity index (χ4v) is 5.33. The number of aromatic nitrogens is 2. The number of nitrogens with zero attached hydrogens (tertiary/aromatic N) is 3. The lowest BCUT2D eigenvalue weighted by Crippen LogP contribution is -2.35. The zero-order valence-corrected chi connectivity index (χ0v) is 20.2. The molecule has 3 heterocycles. The van der Waals surface area contributed by atoms with Crippen molar-refractivity contribution in [2.75, 3.05) is 26.2 Å². The number of benzene rings is 2. The molecule has 0 amide bonds. The average Bonchev–Trinajstić information content (AvgIpc) is 3.53. The monoisotopic (exact) mass is 471 g/mol. The molecule has 0 saturated carbocycles.